The first-order valence-corrected chi connectivity index (χ1v) is 5.14. The lowest BCUT2D eigenvalue weighted by Gasteiger charge is -2.12. The molecule has 1 rings (SSSR count). The van der Waals surface area contributed by atoms with Crippen molar-refractivity contribution in [2.75, 3.05) is 20.8 Å². The minimum atomic E-state index is 0.242. The molecule has 0 aromatic heterocycles. The Labute approximate surface area is 90.6 Å². The number of benzene rings is 1. The van der Waals surface area contributed by atoms with E-state index >= 15 is 0 Å². The van der Waals surface area contributed by atoms with Crippen molar-refractivity contribution in [1.29, 1.82) is 0 Å². The largest absolute Gasteiger partial charge is 0.493 e. The fraction of sp³-hybridized carbons (Fsp3) is 0.500. The second-order valence-corrected chi connectivity index (χ2v) is 3.33. The summed E-state index contributed by atoms with van der Waals surface area (Å²) in [4.78, 5) is 0. The number of para-hydroxylation sites is 1. The van der Waals surface area contributed by atoms with Crippen LogP contribution in [-0.4, -0.2) is 25.9 Å². The van der Waals surface area contributed by atoms with Crippen molar-refractivity contribution in [2.45, 2.75) is 19.3 Å². The minimum absolute atomic E-state index is 0.242. The van der Waals surface area contributed by atoms with Crippen molar-refractivity contribution in [3.05, 3.63) is 23.8 Å². The van der Waals surface area contributed by atoms with Crippen LogP contribution in [0.1, 0.15) is 18.4 Å². The molecule has 0 aliphatic carbocycles. The Kier molecular flexibility index (Phi) is 4.98. The maximum atomic E-state index is 8.72. The zero-order valence-electron chi connectivity index (χ0n) is 9.32. The molecular formula is C12H18O3. The van der Waals surface area contributed by atoms with Crippen molar-refractivity contribution < 1.29 is 14.6 Å². The third-order valence-corrected chi connectivity index (χ3v) is 2.34. The number of unbranched alkanes of at least 4 members (excludes halogenated alkanes) is 1. The summed E-state index contributed by atoms with van der Waals surface area (Å²) in [5, 5.41) is 8.72. The molecule has 0 bridgehead atoms. The van der Waals surface area contributed by atoms with E-state index in [0.717, 1.165) is 36.3 Å². The highest BCUT2D eigenvalue weighted by molar-refractivity contribution is 5.46. The maximum absolute atomic E-state index is 8.72. The van der Waals surface area contributed by atoms with Gasteiger partial charge in [0.25, 0.3) is 0 Å². The average molecular weight is 210 g/mol. The van der Waals surface area contributed by atoms with E-state index in [1.54, 1.807) is 14.2 Å². The number of rotatable bonds is 6. The van der Waals surface area contributed by atoms with Gasteiger partial charge in [-0.25, -0.2) is 0 Å². The van der Waals surface area contributed by atoms with Crippen LogP contribution < -0.4 is 9.47 Å². The third kappa shape index (κ3) is 3.13. The third-order valence-electron chi connectivity index (χ3n) is 2.34. The van der Waals surface area contributed by atoms with Crippen molar-refractivity contribution in [3.8, 4) is 11.5 Å². The lowest BCUT2D eigenvalue weighted by atomic mass is 10.1. The van der Waals surface area contributed by atoms with Gasteiger partial charge in [-0.3, -0.25) is 0 Å². The molecular weight excluding hydrogens is 192 g/mol. The van der Waals surface area contributed by atoms with Gasteiger partial charge in [-0.15, -0.1) is 0 Å². The van der Waals surface area contributed by atoms with Crippen LogP contribution in [0.3, 0.4) is 0 Å². The van der Waals surface area contributed by atoms with E-state index in [2.05, 4.69) is 0 Å². The lowest BCUT2D eigenvalue weighted by molar-refractivity contribution is 0.284. The number of ether oxygens (including phenoxy) is 2. The Morgan fingerprint density at radius 2 is 1.93 bits per heavy atom. The van der Waals surface area contributed by atoms with Gasteiger partial charge < -0.3 is 14.6 Å². The van der Waals surface area contributed by atoms with Crippen LogP contribution in [0, 0.1) is 0 Å². The number of hydrogen-bond acceptors (Lipinski definition) is 3. The minimum Gasteiger partial charge on any atom is -0.493 e. The van der Waals surface area contributed by atoms with Crippen LogP contribution in [0.2, 0.25) is 0 Å². The molecule has 0 spiro atoms. The number of methoxy groups -OCH3 is 2. The number of aliphatic hydroxyl groups is 1. The van der Waals surface area contributed by atoms with E-state index in [1.807, 2.05) is 18.2 Å². The van der Waals surface area contributed by atoms with Crippen LogP contribution in [0.5, 0.6) is 11.5 Å². The standard InChI is InChI=1S/C12H18O3/c1-14-11-8-5-7-10(12(11)15-2)6-3-4-9-13/h5,7-8,13H,3-4,6,9H2,1-2H3. The molecule has 0 aliphatic rings. The molecule has 1 N–H and O–H groups in total. The SMILES string of the molecule is COc1cccc(CCCCO)c1OC. The van der Waals surface area contributed by atoms with E-state index in [9.17, 15) is 0 Å². The summed E-state index contributed by atoms with van der Waals surface area (Å²) in [7, 11) is 3.28. The van der Waals surface area contributed by atoms with Gasteiger partial charge in [-0.05, 0) is 30.9 Å². The summed E-state index contributed by atoms with van der Waals surface area (Å²) in [6.07, 6.45) is 2.68. The number of aryl methyl sites for hydroxylation is 1. The van der Waals surface area contributed by atoms with Crippen LogP contribution >= 0.6 is 0 Å². The molecule has 0 radical (unpaired) electrons. The molecule has 15 heavy (non-hydrogen) atoms. The summed E-state index contributed by atoms with van der Waals surface area (Å²) in [5.41, 5.74) is 1.13. The monoisotopic (exact) mass is 210 g/mol. The van der Waals surface area contributed by atoms with E-state index in [-0.39, 0.29) is 6.61 Å². The first-order chi connectivity index (χ1) is 7.33. The van der Waals surface area contributed by atoms with E-state index in [4.69, 9.17) is 14.6 Å². The highest BCUT2D eigenvalue weighted by atomic mass is 16.5. The molecule has 1 aromatic rings. The van der Waals surface area contributed by atoms with Crippen molar-refractivity contribution in [2.24, 2.45) is 0 Å². The Morgan fingerprint density at radius 1 is 1.13 bits per heavy atom. The van der Waals surface area contributed by atoms with Crippen molar-refractivity contribution >= 4 is 0 Å². The molecule has 0 saturated heterocycles. The molecule has 0 saturated carbocycles. The van der Waals surface area contributed by atoms with Crippen LogP contribution in [-0.2, 0) is 6.42 Å². The topological polar surface area (TPSA) is 38.7 Å². The van der Waals surface area contributed by atoms with Gasteiger partial charge in [-0.1, -0.05) is 12.1 Å². The molecule has 0 fully saturated rings. The summed E-state index contributed by atoms with van der Waals surface area (Å²) in [6.45, 7) is 0.242. The Hall–Kier alpha value is -1.22. The molecule has 0 heterocycles. The van der Waals surface area contributed by atoms with E-state index in [0.29, 0.717) is 0 Å². The van der Waals surface area contributed by atoms with Crippen molar-refractivity contribution in [1.82, 2.24) is 0 Å². The van der Waals surface area contributed by atoms with E-state index in [1.165, 1.54) is 0 Å². The molecule has 3 nitrogen and oxygen atoms in total. The highest BCUT2D eigenvalue weighted by Crippen LogP contribution is 2.31. The van der Waals surface area contributed by atoms with Crippen LogP contribution in [0.25, 0.3) is 0 Å². The van der Waals surface area contributed by atoms with Gasteiger partial charge >= 0.3 is 0 Å². The van der Waals surface area contributed by atoms with Gasteiger partial charge in [0.15, 0.2) is 11.5 Å². The lowest BCUT2D eigenvalue weighted by Crippen LogP contribution is -1.96. The van der Waals surface area contributed by atoms with Crippen molar-refractivity contribution in [3.63, 3.8) is 0 Å². The Bertz CT molecular complexity index is 297. The number of hydrogen-bond donors (Lipinski definition) is 1. The quantitative estimate of drug-likeness (QED) is 0.730. The molecule has 0 unspecified atom stereocenters. The van der Waals surface area contributed by atoms with Gasteiger partial charge in [0.1, 0.15) is 0 Å². The zero-order valence-corrected chi connectivity index (χ0v) is 9.32. The normalized spacial score (nSPS) is 10.1. The zero-order chi connectivity index (χ0) is 11.1. The predicted molar refractivity (Wildman–Crippen MR) is 59.6 cm³/mol. The van der Waals surface area contributed by atoms with Crippen LogP contribution in [0.4, 0.5) is 0 Å². The first-order valence-electron chi connectivity index (χ1n) is 5.14. The predicted octanol–water partition coefficient (Wildman–Crippen LogP) is 2.02. The fourth-order valence-corrected chi connectivity index (χ4v) is 1.58. The Morgan fingerprint density at radius 3 is 2.53 bits per heavy atom. The summed E-state index contributed by atoms with van der Waals surface area (Å²) in [5.74, 6) is 1.57. The maximum Gasteiger partial charge on any atom is 0.163 e. The molecule has 84 valence electrons. The summed E-state index contributed by atoms with van der Waals surface area (Å²) >= 11 is 0. The Balaban J connectivity index is 2.76. The number of aliphatic hydroxyl groups excluding tert-OH is 1. The van der Waals surface area contributed by atoms with Gasteiger partial charge in [-0.2, -0.15) is 0 Å². The van der Waals surface area contributed by atoms with Crippen LogP contribution in [0.15, 0.2) is 18.2 Å². The smallest absolute Gasteiger partial charge is 0.163 e. The summed E-state index contributed by atoms with van der Waals surface area (Å²) < 4.78 is 10.5. The molecule has 0 aliphatic heterocycles. The highest BCUT2D eigenvalue weighted by Gasteiger charge is 2.08. The second kappa shape index (κ2) is 6.30. The van der Waals surface area contributed by atoms with Gasteiger partial charge in [0.2, 0.25) is 0 Å². The second-order valence-electron chi connectivity index (χ2n) is 3.33. The average Bonchev–Trinajstić information content (AvgIpc) is 2.29. The fourth-order valence-electron chi connectivity index (χ4n) is 1.58. The molecule has 0 amide bonds. The summed E-state index contributed by atoms with van der Waals surface area (Å²) in [6, 6.07) is 5.86. The van der Waals surface area contributed by atoms with Gasteiger partial charge in [0, 0.05) is 6.61 Å². The first kappa shape index (κ1) is 11.9. The van der Waals surface area contributed by atoms with E-state index < -0.39 is 0 Å². The molecule has 3 heteroatoms. The van der Waals surface area contributed by atoms with Gasteiger partial charge in [0.05, 0.1) is 14.2 Å². The molecule has 1 aromatic carbocycles. The molecule has 0 atom stereocenters.